The highest BCUT2D eigenvalue weighted by Gasteiger charge is 2.39. The topological polar surface area (TPSA) is 274 Å². The van der Waals surface area contributed by atoms with Crippen LogP contribution in [0.25, 0.3) is 31.9 Å². The molecule has 0 radical (unpaired) electrons. The molecular formula is C42H50N12O10S. The standard InChI is InChI=1S/C42H50N12O10S/c1-52-33-19-30(6-7-31(33)40(58)64-42(52)59)63-26-37(56)54-25-29(50-51-43)18-34(54)39(57)44-8-11-60-13-15-62-16-14-61-12-9-45-41-46-21-27(22-47-41)23-53-10-2-4-28(24-53)38-48-32(20-36(55)49-38)35-5-3-17-65-35/h3,5-7,17,19-22,28-29,34H,2,4,8-16,18,23-26H2,1H3,(H,44,57)(H,45,46,47)(H,48,49,55)/t28?,29?,34-/m0/s1. The first-order chi connectivity index (χ1) is 31.6. The third kappa shape index (κ3) is 12.8. The molecule has 2 amide bonds. The lowest BCUT2D eigenvalue weighted by Crippen LogP contribution is -2.48. The van der Waals surface area contributed by atoms with E-state index in [0.29, 0.717) is 52.1 Å². The summed E-state index contributed by atoms with van der Waals surface area (Å²) in [5.74, 6) is -0.172. The molecule has 2 saturated heterocycles. The molecule has 1 aromatic carbocycles. The lowest BCUT2D eigenvalue weighted by molar-refractivity contribution is -0.140. The van der Waals surface area contributed by atoms with E-state index in [1.165, 1.54) is 30.1 Å². The van der Waals surface area contributed by atoms with Gasteiger partial charge in [-0.25, -0.2) is 19.6 Å². The molecule has 22 nitrogen and oxygen atoms in total. The number of azide groups is 1. The number of thiophene rings is 1. The number of H-pyrrole nitrogens is 1. The SMILES string of the molecule is Cn1c(=O)oc(=O)c2ccc(OCC(=O)N3CC(N=[N+]=[N-])C[C@H]3C(=O)NCCOCCOCCOCCNc3ncc(CN4CCCC(c5nc(=O)cc(-c6cccs6)[nH]5)C4)cn3)cc21. The molecule has 2 unspecified atom stereocenters. The second-order valence-electron chi connectivity index (χ2n) is 15.4. The molecular weight excluding hydrogens is 865 g/mol. The van der Waals surface area contributed by atoms with Gasteiger partial charge in [-0.1, -0.05) is 11.2 Å². The number of amides is 2. The van der Waals surface area contributed by atoms with Crippen molar-refractivity contribution in [2.75, 3.05) is 84.3 Å². The number of anilines is 1. The van der Waals surface area contributed by atoms with Crippen LogP contribution in [-0.2, 0) is 37.4 Å². The molecule has 23 heteroatoms. The minimum atomic E-state index is -0.889. The third-order valence-electron chi connectivity index (χ3n) is 10.9. The Balaban J connectivity index is 0.723. The number of hydrogen-bond donors (Lipinski definition) is 3. The van der Waals surface area contributed by atoms with Gasteiger partial charge in [0.2, 0.25) is 11.9 Å². The number of rotatable bonds is 22. The largest absolute Gasteiger partial charge is 0.484 e. The first-order valence-corrected chi connectivity index (χ1v) is 22.1. The second kappa shape index (κ2) is 22.9. The van der Waals surface area contributed by atoms with Gasteiger partial charge in [0.1, 0.15) is 17.6 Å². The van der Waals surface area contributed by atoms with Crippen molar-refractivity contribution in [1.82, 2.24) is 39.6 Å². The molecule has 3 atom stereocenters. The Morgan fingerprint density at radius 1 is 1.02 bits per heavy atom. The number of hydrogen-bond acceptors (Lipinski definition) is 17. The Morgan fingerprint density at radius 2 is 1.78 bits per heavy atom. The van der Waals surface area contributed by atoms with Crippen molar-refractivity contribution in [3.8, 4) is 16.3 Å². The van der Waals surface area contributed by atoms with Gasteiger partial charge in [-0.05, 0) is 54.9 Å². The highest BCUT2D eigenvalue weighted by molar-refractivity contribution is 7.13. The highest BCUT2D eigenvalue weighted by Crippen LogP contribution is 2.28. The zero-order valence-corrected chi connectivity index (χ0v) is 36.6. The fourth-order valence-corrected chi connectivity index (χ4v) is 8.36. The molecule has 344 valence electrons. The van der Waals surface area contributed by atoms with Crippen LogP contribution in [0, 0.1) is 0 Å². The van der Waals surface area contributed by atoms with Crippen molar-refractivity contribution >= 4 is 40.0 Å². The molecule has 7 rings (SSSR count). The molecule has 4 aromatic heterocycles. The number of carbonyl (C=O) groups is 2. The van der Waals surface area contributed by atoms with Crippen LogP contribution in [0.2, 0.25) is 0 Å². The van der Waals surface area contributed by atoms with E-state index in [9.17, 15) is 24.0 Å². The molecule has 2 fully saturated rings. The van der Waals surface area contributed by atoms with E-state index < -0.39 is 41.9 Å². The van der Waals surface area contributed by atoms with E-state index in [-0.39, 0.29) is 54.2 Å². The van der Waals surface area contributed by atoms with Crippen LogP contribution in [-0.4, -0.2) is 137 Å². The number of likely N-dealkylation sites (tertiary alicyclic amines) is 2. The predicted octanol–water partition coefficient (Wildman–Crippen LogP) is 2.41. The van der Waals surface area contributed by atoms with Crippen LogP contribution in [0.1, 0.15) is 36.6 Å². The molecule has 0 bridgehead atoms. The van der Waals surface area contributed by atoms with Crippen LogP contribution >= 0.6 is 11.3 Å². The van der Waals surface area contributed by atoms with Gasteiger partial charge >= 0.3 is 11.4 Å². The minimum Gasteiger partial charge on any atom is -0.484 e. The summed E-state index contributed by atoms with van der Waals surface area (Å²) in [5, 5.41) is 11.8. The zero-order chi connectivity index (χ0) is 45.5. The Kier molecular flexibility index (Phi) is 16.4. The van der Waals surface area contributed by atoms with Crippen molar-refractivity contribution in [2.45, 2.75) is 43.8 Å². The number of aromatic nitrogens is 5. The van der Waals surface area contributed by atoms with Gasteiger partial charge in [-0.2, -0.15) is 4.98 Å². The van der Waals surface area contributed by atoms with Gasteiger partial charge in [0.25, 0.3) is 11.5 Å². The second-order valence-corrected chi connectivity index (χ2v) is 16.3. The van der Waals surface area contributed by atoms with Gasteiger partial charge in [-0.3, -0.25) is 23.9 Å². The van der Waals surface area contributed by atoms with E-state index in [1.54, 1.807) is 17.4 Å². The maximum Gasteiger partial charge on any atom is 0.422 e. The van der Waals surface area contributed by atoms with Gasteiger partial charge in [0.05, 0.1) is 67.2 Å². The average Bonchev–Trinajstić information content (AvgIpc) is 4.01. The smallest absolute Gasteiger partial charge is 0.422 e. The molecule has 2 aliphatic rings. The van der Waals surface area contributed by atoms with Crippen molar-refractivity contribution in [1.29, 1.82) is 0 Å². The first kappa shape index (κ1) is 46.5. The van der Waals surface area contributed by atoms with Crippen LogP contribution in [0.5, 0.6) is 5.75 Å². The molecule has 0 aliphatic carbocycles. The summed E-state index contributed by atoms with van der Waals surface area (Å²) in [6.07, 6.45) is 5.75. The van der Waals surface area contributed by atoms with Crippen molar-refractivity contribution in [2.24, 2.45) is 12.2 Å². The third-order valence-corrected chi connectivity index (χ3v) is 11.8. The monoisotopic (exact) mass is 914 g/mol. The van der Waals surface area contributed by atoms with E-state index >= 15 is 0 Å². The molecule has 0 saturated carbocycles. The Hall–Kier alpha value is -6.49. The van der Waals surface area contributed by atoms with Crippen molar-refractivity contribution < 1.29 is 33.0 Å². The Bertz CT molecular complexity index is 2620. The summed E-state index contributed by atoms with van der Waals surface area (Å²) in [5.41, 5.74) is 10.0. The number of benzene rings is 1. The Morgan fingerprint density at radius 3 is 2.54 bits per heavy atom. The Labute approximate surface area is 375 Å². The van der Waals surface area contributed by atoms with Crippen molar-refractivity contribution in [3.05, 3.63) is 107 Å². The summed E-state index contributed by atoms with van der Waals surface area (Å²) >= 11 is 1.59. The number of carbonyl (C=O) groups excluding carboxylic acids is 2. The van der Waals surface area contributed by atoms with Gasteiger partial charge < -0.3 is 43.9 Å². The van der Waals surface area contributed by atoms with Crippen LogP contribution < -0.4 is 32.3 Å². The van der Waals surface area contributed by atoms with Crippen molar-refractivity contribution in [3.63, 3.8) is 0 Å². The molecule has 3 N–H and O–H groups in total. The lowest BCUT2D eigenvalue weighted by atomic mass is 9.96. The van der Waals surface area contributed by atoms with E-state index in [2.05, 4.69) is 49.9 Å². The lowest BCUT2D eigenvalue weighted by Gasteiger charge is -2.32. The minimum absolute atomic E-state index is 0.0354. The summed E-state index contributed by atoms with van der Waals surface area (Å²) in [6, 6.07) is 8.37. The maximum atomic E-state index is 13.2. The van der Waals surface area contributed by atoms with Gasteiger partial charge in [0.15, 0.2) is 6.61 Å². The quantitative estimate of drug-likeness (QED) is 0.0389. The number of nitrogens with one attached hydrogen (secondary N) is 3. The zero-order valence-electron chi connectivity index (χ0n) is 35.8. The molecule has 65 heavy (non-hydrogen) atoms. The molecule has 0 spiro atoms. The average molecular weight is 915 g/mol. The number of piperidine rings is 1. The normalized spacial score (nSPS) is 17.5. The number of ether oxygens (including phenoxy) is 4. The van der Waals surface area contributed by atoms with Crippen LogP contribution in [0.3, 0.4) is 0 Å². The first-order valence-electron chi connectivity index (χ1n) is 21.2. The summed E-state index contributed by atoms with van der Waals surface area (Å²) < 4.78 is 28.2. The van der Waals surface area contributed by atoms with Gasteiger partial charge in [-0.15, -0.1) is 11.3 Å². The predicted molar refractivity (Wildman–Crippen MR) is 238 cm³/mol. The van der Waals surface area contributed by atoms with E-state index in [0.717, 1.165) is 52.5 Å². The fraction of sp³-hybridized carbons (Fsp3) is 0.476. The number of fused-ring (bicyclic) bond motifs is 1. The van der Waals surface area contributed by atoms with E-state index in [1.807, 2.05) is 29.9 Å². The number of aryl methyl sites for hydroxylation is 1. The summed E-state index contributed by atoms with van der Waals surface area (Å²) in [7, 11) is 1.44. The summed E-state index contributed by atoms with van der Waals surface area (Å²) in [4.78, 5) is 86.7. The molecule has 2 aliphatic heterocycles. The molecule has 6 heterocycles. The number of aromatic amines is 1. The van der Waals surface area contributed by atoms with Gasteiger partial charge in [0, 0.05) is 80.7 Å². The summed E-state index contributed by atoms with van der Waals surface area (Å²) in [6.45, 7) is 4.73. The highest BCUT2D eigenvalue weighted by atomic mass is 32.1. The van der Waals surface area contributed by atoms with E-state index in [4.69, 9.17) is 24.5 Å². The van der Waals surface area contributed by atoms with Crippen LogP contribution in [0.15, 0.2) is 78.1 Å². The number of nitrogens with zero attached hydrogens (tertiary/aromatic N) is 9. The molecule has 5 aromatic rings. The maximum absolute atomic E-state index is 13.2. The fourth-order valence-electron chi connectivity index (χ4n) is 7.66. The van der Waals surface area contributed by atoms with Crippen LogP contribution in [0.4, 0.5) is 5.95 Å².